The minimum absolute atomic E-state index is 0.438. The van der Waals surface area contributed by atoms with Crippen molar-refractivity contribution in [2.75, 3.05) is 0 Å². The van der Waals surface area contributed by atoms with E-state index in [0.29, 0.717) is 12.4 Å². The Bertz CT molecular complexity index is 249. The van der Waals surface area contributed by atoms with Gasteiger partial charge in [0.1, 0.15) is 0 Å². The van der Waals surface area contributed by atoms with Crippen LogP contribution < -0.4 is 0 Å². The van der Waals surface area contributed by atoms with Crippen LogP contribution in [0.5, 0.6) is 0 Å². The molecule has 1 aromatic rings. The van der Waals surface area contributed by atoms with Gasteiger partial charge in [0.25, 0.3) is 0 Å². The van der Waals surface area contributed by atoms with E-state index in [1.54, 1.807) is 0 Å². The zero-order valence-electron chi connectivity index (χ0n) is 5.49. The normalized spacial score (nSPS) is 13.4. The van der Waals surface area contributed by atoms with Gasteiger partial charge in [0.15, 0.2) is 0 Å². The molecule has 0 aliphatic heterocycles. The molecule has 0 aliphatic carbocycles. The molecule has 0 saturated heterocycles. The SMILES string of the molecule is FC(F)(F)C(F)(F)c1cn[nH]c1. The second kappa shape index (κ2) is 2.43. The number of nitrogens with zero attached hydrogens (tertiary/aromatic N) is 1. The number of hydrogen-bond acceptors (Lipinski definition) is 1. The molecular weight excluding hydrogens is 183 g/mol. The summed E-state index contributed by atoms with van der Waals surface area (Å²) >= 11 is 0. The second-order valence-corrected chi connectivity index (χ2v) is 2.06. The van der Waals surface area contributed by atoms with Crippen LogP contribution >= 0.6 is 0 Å². The molecule has 0 bridgehead atoms. The second-order valence-electron chi connectivity index (χ2n) is 2.06. The van der Waals surface area contributed by atoms with Crippen LogP contribution in [-0.4, -0.2) is 16.4 Å². The molecule has 2 nitrogen and oxygen atoms in total. The molecule has 1 aromatic heterocycles. The predicted molar refractivity (Wildman–Crippen MR) is 28.5 cm³/mol. The van der Waals surface area contributed by atoms with Gasteiger partial charge in [-0.15, -0.1) is 0 Å². The molecule has 0 saturated carbocycles. The van der Waals surface area contributed by atoms with Crippen molar-refractivity contribution in [1.82, 2.24) is 10.2 Å². The van der Waals surface area contributed by atoms with Crippen LogP contribution in [0.1, 0.15) is 5.56 Å². The molecule has 0 aromatic carbocycles. The smallest absolute Gasteiger partial charge is 0.285 e. The van der Waals surface area contributed by atoms with E-state index < -0.39 is 17.7 Å². The summed E-state index contributed by atoms with van der Waals surface area (Å²) < 4.78 is 59.4. The highest BCUT2D eigenvalue weighted by atomic mass is 19.4. The van der Waals surface area contributed by atoms with E-state index in [4.69, 9.17) is 0 Å². The summed E-state index contributed by atoms with van der Waals surface area (Å²) in [6.45, 7) is 0. The quantitative estimate of drug-likeness (QED) is 0.668. The lowest BCUT2D eigenvalue weighted by Gasteiger charge is -2.17. The Hall–Kier alpha value is -1.14. The minimum atomic E-state index is -5.57. The lowest BCUT2D eigenvalue weighted by Crippen LogP contribution is -2.33. The molecule has 0 unspecified atom stereocenters. The monoisotopic (exact) mass is 186 g/mol. The Balaban J connectivity index is 3.02. The fourth-order valence-corrected chi connectivity index (χ4v) is 0.586. The van der Waals surface area contributed by atoms with Crippen molar-refractivity contribution in [2.45, 2.75) is 12.1 Å². The van der Waals surface area contributed by atoms with Gasteiger partial charge in [-0.05, 0) is 0 Å². The van der Waals surface area contributed by atoms with E-state index in [1.165, 1.54) is 0 Å². The molecule has 1 rings (SSSR count). The Labute approximate surface area is 63.4 Å². The third kappa shape index (κ3) is 1.26. The van der Waals surface area contributed by atoms with E-state index in [2.05, 4.69) is 5.10 Å². The van der Waals surface area contributed by atoms with Crippen molar-refractivity contribution in [3.63, 3.8) is 0 Å². The molecule has 0 aliphatic rings. The van der Waals surface area contributed by atoms with Crippen LogP contribution in [-0.2, 0) is 5.92 Å². The lowest BCUT2D eigenvalue weighted by molar-refractivity contribution is -0.289. The molecule has 0 amide bonds. The van der Waals surface area contributed by atoms with Gasteiger partial charge in [-0.1, -0.05) is 0 Å². The van der Waals surface area contributed by atoms with Crippen molar-refractivity contribution >= 4 is 0 Å². The molecule has 0 radical (unpaired) electrons. The third-order valence-electron chi connectivity index (χ3n) is 1.22. The number of hydrogen-bond donors (Lipinski definition) is 1. The summed E-state index contributed by atoms with van der Waals surface area (Å²) in [5.74, 6) is -4.83. The number of aromatic nitrogens is 2. The van der Waals surface area contributed by atoms with E-state index >= 15 is 0 Å². The summed E-state index contributed by atoms with van der Waals surface area (Å²) in [4.78, 5) is 0. The van der Waals surface area contributed by atoms with Gasteiger partial charge in [0, 0.05) is 6.20 Å². The first-order chi connectivity index (χ1) is 5.36. The molecular formula is C5H3F5N2. The Kier molecular flexibility index (Phi) is 1.81. The molecule has 0 spiro atoms. The maximum Gasteiger partial charge on any atom is 0.458 e. The van der Waals surface area contributed by atoms with E-state index in [9.17, 15) is 22.0 Å². The number of rotatable bonds is 1. The number of nitrogens with one attached hydrogen (secondary N) is 1. The van der Waals surface area contributed by atoms with Gasteiger partial charge in [-0.2, -0.15) is 27.1 Å². The summed E-state index contributed by atoms with van der Waals surface area (Å²) in [6, 6.07) is 0. The average Bonchev–Trinajstić information content (AvgIpc) is 2.34. The van der Waals surface area contributed by atoms with Gasteiger partial charge in [0.2, 0.25) is 0 Å². The zero-order valence-corrected chi connectivity index (χ0v) is 5.49. The van der Waals surface area contributed by atoms with Gasteiger partial charge >= 0.3 is 12.1 Å². The first-order valence-electron chi connectivity index (χ1n) is 2.79. The largest absolute Gasteiger partial charge is 0.458 e. The maximum absolute atomic E-state index is 12.3. The van der Waals surface area contributed by atoms with Crippen molar-refractivity contribution in [3.05, 3.63) is 18.0 Å². The molecule has 1 heterocycles. The number of aromatic amines is 1. The molecule has 7 heteroatoms. The fourth-order valence-electron chi connectivity index (χ4n) is 0.586. The van der Waals surface area contributed by atoms with Crippen molar-refractivity contribution in [2.24, 2.45) is 0 Å². The highest BCUT2D eigenvalue weighted by Crippen LogP contribution is 2.43. The summed E-state index contributed by atoms with van der Waals surface area (Å²) in [5.41, 5.74) is -1.19. The molecule has 12 heavy (non-hydrogen) atoms. The van der Waals surface area contributed by atoms with E-state index in [0.717, 1.165) is 0 Å². The van der Waals surface area contributed by atoms with Crippen LogP contribution in [0.25, 0.3) is 0 Å². The first kappa shape index (κ1) is 8.95. The van der Waals surface area contributed by atoms with Crippen LogP contribution in [0.2, 0.25) is 0 Å². The third-order valence-corrected chi connectivity index (χ3v) is 1.22. The average molecular weight is 186 g/mol. The topological polar surface area (TPSA) is 28.7 Å². The van der Waals surface area contributed by atoms with Gasteiger partial charge in [-0.3, -0.25) is 5.10 Å². The van der Waals surface area contributed by atoms with Crippen molar-refractivity contribution in [3.8, 4) is 0 Å². The van der Waals surface area contributed by atoms with Gasteiger partial charge in [-0.25, -0.2) is 0 Å². The van der Waals surface area contributed by atoms with E-state index in [-0.39, 0.29) is 0 Å². The first-order valence-corrected chi connectivity index (χ1v) is 2.79. The molecule has 0 fully saturated rings. The van der Waals surface area contributed by atoms with Gasteiger partial charge < -0.3 is 0 Å². The highest BCUT2D eigenvalue weighted by molar-refractivity contribution is 5.13. The van der Waals surface area contributed by atoms with E-state index in [1.807, 2.05) is 5.10 Å². The number of alkyl halides is 5. The Morgan fingerprint density at radius 3 is 2.08 bits per heavy atom. The molecule has 0 atom stereocenters. The van der Waals surface area contributed by atoms with Crippen LogP contribution in [0.3, 0.4) is 0 Å². The summed E-state index contributed by atoms with van der Waals surface area (Å²) in [5, 5.41) is 4.87. The van der Waals surface area contributed by atoms with Crippen LogP contribution in [0.15, 0.2) is 12.4 Å². The number of halogens is 5. The summed E-state index contributed by atoms with van der Waals surface area (Å²) in [7, 11) is 0. The zero-order chi connectivity index (χ0) is 9.41. The fraction of sp³-hybridized carbons (Fsp3) is 0.400. The van der Waals surface area contributed by atoms with Gasteiger partial charge in [0.05, 0.1) is 11.8 Å². The van der Waals surface area contributed by atoms with Crippen molar-refractivity contribution < 1.29 is 22.0 Å². The summed E-state index contributed by atoms with van der Waals surface area (Å²) in [6.07, 6.45) is -4.63. The Morgan fingerprint density at radius 1 is 1.17 bits per heavy atom. The lowest BCUT2D eigenvalue weighted by atomic mass is 10.2. The Morgan fingerprint density at radius 2 is 1.75 bits per heavy atom. The highest BCUT2D eigenvalue weighted by Gasteiger charge is 2.59. The predicted octanol–water partition coefficient (Wildman–Crippen LogP) is 2.06. The standard InChI is InChI=1S/C5H3F5N2/c6-4(7,5(8,9)10)3-1-11-12-2-3/h1-2H,(H,11,12). The van der Waals surface area contributed by atoms with Crippen molar-refractivity contribution in [1.29, 1.82) is 0 Å². The van der Waals surface area contributed by atoms with Crippen LogP contribution in [0.4, 0.5) is 22.0 Å². The molecule has 68 valence electrons. The van der Waals surface area contributed by atoms with Crippen LogP contribution in [0, 0.1) is 0 Å². The minimum Gasteiger partial charge on any atom is -0.285 e. The number of H-pyrrole nitrogens is 1. The molecule has 1 N–H and O–H groups in total. The maximum atomic E-state index is 12.3.